The Morgan fingerprint density at radius 1 is 0.654 bits per heavy atom. The van der Waals surface area contributed by atoms with Crippen LogP contribution in [0.5, 0.6) is 17.2 Å². The second-order valence-electron chi connectivity index (χ2n) is 8.04. The number of ether oxygens (including phenoxy) is 1. The minimum Gasteiger partial charge on any atom is -0.504 e. The predicted molar refractivity (Wildman–Crippen MR) is 112 cm³/mol. The van der Waals surface area contributed by atoms with Crippen LogP contribution in [0.1, 0.15) is 115 Å². The number of hydrogen-bond donors (Lipinski definition) is 1. The van der Waals surface area contributed by atoms with Crippen molar-refractivity contribution in [3.05, 3.63) is 17.2 Å². The summed E-state index contributed by atoms with van der Waals surface area (Å²) in [6, 6.07) is 1.97. The molecule has 1 N–H and O–H groups in total. The Kier molecular flexibility index (Phi) is 9.95. The summed E-state index contributed by atoms with van der Waals surface area (Å²) in [5, 5.41) is 10.0. The number of rotatable bonds is 16. The summed E-state index contributed by atoms with van der Waals surface area (Å²) in [6.07, 6.45) is 20.9. The number of aromatic hydroxyl groups is 1. The van der Waals surface area contributed by atoms with Crippen molar-refractivity contribution >= 4 is 0 Å². The van der Waals surface area contributed by atoms with Gasteiger partial charge in [-0.25, -0.2) is 0 Å². The van der Waals surface area contributed by atoms with E-state index in [0.717, 1.165) is 24.3 Å². The first kappa shape index (κ1) is 21.1. The van der Waals surface area contributed by atoms with E-state index in [9.17, 15) is 5.11 Å². The van der Waals surface area contributed by atoms with E-state index < -0.39 is 0 Å². The molecule has 0 fully saturated rings. The van der Waals surface area contributed by atoms with Gasteiger partial charge in [-0.2, -0.15) is 0 Å². The maximum absolute atomic E-state index is 10.0. The lowest BCUT2D eigenvalue weighted by Crippen LogP contribution is -1.94. The Balaban J connectivity index is 1.71. The van der Waals surface area contributed by atoms with Crippen molar-refractivity contribution in [2.24, 2.45) is 0 Å². The van der Waals surface area contributed by atoms with Crippen LogP contribution in [-0.4, -0.2) is 5.11 Å². The van der Waals surface area contributed by atoms with Crippen molar-refractivity contribution in [3.8, 4) is 17.2 Å². The molecule has 26 heavy (non-hydrogen) atoms. The molecule has 2 rings (SSSR count). The molecule has 1 aromatic carbocycles. The molecule has 2 nitrogen and oxygen atoms in total. The monoisotopic (exact) mass is 360 g/mol. The van der Waals surface area contributed by atoms with Gasteiger partial charge in [0.15, 0.2) is 11.5 Å². The van der Waals surface area contributed by atoms with Crippen molar-refractivity contribution in [2.75, 3.05) is 0 Å². The fraction of sp³-hybridized carbons (Fsp3) is 0.750. The van der Waals surface area contributed by atoms with Crippen LogP contribution >= 0.6 is 0 Å². The van der Waals surface area contributed by atoms with E-state index >= 15 is 0 Å². The Hall–Kier alpha value is -1.18. The molecule has 0 saturated heterocycles. The predicted octanol–water partition coefficient (Wildman–Crippen LogP) is 8.08. The van der Waals surface area contributed by atoms with Gasteiger partial charge in [0.05, 0.1) is 0 Å². The molecule has 0 saturated carbocycles. The number of aryl methyl sites for hydroxylation is 1. The zero-order valence-electron chi connectivity index (χ0n) is 17.2. The summed E-state index contributed by atoms with van der Waals surface area (Å²) in [6.45, 7) is 4.54. The van der Waals surface area contributed by atoms with Crippen LogP contribution in [0, 0.1) is 0 Å². The Morgan fingerprint density at radius 2 is 1.15 bits per heavy atom. The van der Waals surface area contributed by atoms with Gasteiger partial charge in [0, 0.05) is 5.56 Å². The van der Waals surface area contributed by atoms with E-state index in [0.29, 0.717) is 5.75 Å². The zero-order valence-corrected chi connectivity index (χ0v) is 17.2. The van der Waals surface area contributed by atoms with Crippen LogP contribution in [0.25, 0.3) is 0 Å². The molecule has 1 aliphatic rings. The summed E-state index contributed by atoms with van der Waals surface area (Å²) >= 11 is 0. The first-order valence-electron chi connectivity index (χ1n) is 11.3. The highest BCUT2D eigenvalue weighted by Gasteiger charge is 2.31. The molecule has 0 spiro atoms. The molecule has 0 aliphatic carbocycles. The van der Waals surface area contributed by atoms with Gasteiger partial charge in [-0.1, -0.05) is 90.9 Å². The highest BCUT2D eigenvalue weighted by Crippen LogP contribution is 2.56. The lowest BCUT2D eigenvalue weighted by Gasteiger charge is -2.08. The van der Waals surface area contributed by atoms with Crippen LogP contribution in [0.4, 0.5) is 0 Å². The second kappa shape index (κ2) is 12.3. The van der Waals surface area contributed by atoms with Crippen LogP contribution in [0.15, 0.2) is 6.07 Å². The van der Waals surface area contributed by atoms with Gasteiger partial charge in [-0.3, -0.25) is 0 Å². The normalized spacial score (nSPS) is 12.1. The second-order valence-corrected chi connectivity index (χ2v) is 8.04. The first-order valence-corrected chi connectivity index (χ1v) is 11.3. The van der Waals surface area contributed by atoms with Gasteiger partial charge in [-0.15, -0.1) is 0 Å². The molecule has 0 amide bonds. The average molecular weight is 361 g/mol. The van der Waals surface area contributed by atoms with Gasteiger partial charge in [-0.05, 0) is 37.3 Å². The van der Waals surface area contributed by atoms with Crippen LogP contribution in [-0.2, 0) is 12.8 Å². The first-order chi connectivity index (χ1) is 12.8. The molecule has 1 aliphatic heterocycles. The zero-order chi connectivity index (χ0) is 18.6. The van der Waals surface area contributed by atoms with Crippen molar-refractivity contribution in [1.82, 2.24) is 0 Å². The van der Waals surface area contributed by atoms with Gasteiger partial charge in [0.25, 0.3) is 0 Å². The smallest absolute Gasteiger partial charge is 0.211 e. The van der Waals surface area contributed by atoms with Crippen molar-refractivity contribution in [2.45, 2.75) is 117 Å². The van der Waals surface area contributed by atoms with Gasteiger partial charge in [0.1, 0.15) is 0 Å². The molecule has 0 atom stereocenters. The maximum atomic E-state index is 10.0. The number of unbranched alkanes of at least 4 members (excludes halogenated alkanes) is 12. The van der Waals surface area contributed by atoms with Crippen LogP contribution in [0.2, 0.25) is 0 Å². The van der Waals surface area contributed by atoms with Gasteiger partial charge >= 0.3 is 0 Å². The third kappa shape index (κ3) is 7.21. The molecule has 148 valence electrons. The van der Waals surface area contributed by atoms with E-state index in [1.807, 2.05) is 6.07 Å². The topological polar surface area (TPSA) is 32.8 Å². The number of benzene rings is 1. The maximum Gasteiger partial charge on any atom is 0.211 e. The summed E-state index contributed by atoms with van der Waals surface area (Å²) in [5.41, 5.74) is 2.72. The SMILES string of the molecule is CCCCCCCCCc1cc(O)c2c(c1CCCCCCCCC)O2. The van der Waals surface area contributed by atoms with E-state index in [4.69, 9.17) is 4.74 Å². The number of phenolic OH excluding ortho intramolecular Hbond substituents is 1. The molecule has 0 radical (unpaired) electrons. The Morgan fingerprint density at radius 3 is 1.73 bits per heavy atom. The Bertz CT molecular complexity index is 521. The molecule has 1 heterocycles. The number of hydrogen-bond acceptors (Lipinski definition) is 2. The van der Waals surface area contributed by atoms with E-state index in [1.54, 1.807) is 0 Å². The standard InChI is InChI=1S/C24H40O2/c1-3-5-7-9-11-13-15-17-20-19-22(25)24-23(26-24)21(20)18-16-14-12-10-8-6-4-2/h19,25H,3-18H2,1-2H3. The fourth-order valence-electron chi connectivity index (χ4n) is 3.94. The summed E-state index contributed by atoms with van der Waals surface area (Å²) < 4.78 is 5.57. The Labute approximate surface area is 161 Å². The highest BCUT2D eigenvalue weighted by atomic mass is 16.6. The van der Waals surface area contributed by atoms with Gasteiger partial charge in [0.2, 0.25) is 5.75 Å². The molecular formula is C24H40O2. The lowest BCUT2D eigenvalue weighted by atomic mass is 9.96. The number of phenols is 1. The molecule has 0 unspecified atom stereocenters. The van der Waals surface area contributed by atoms with E-state index in [-0.39, 0.29) is 0 Å². The van der Waals surface area contributed by atoms with Crippen molar-refractivity contribution < 1.29 is 9.84 Å². The van der Waals surface area contributed by atoms with E-state index in [2.05, 4.69) is 13.8 Å². The molecule has 0 aromatic heterocycles. The minimum atomic E-state index is 0.348. The summed E-state index contributed by atoms with van der Waals surface area (Å²) in [7, 11) is 0. The highest BCUT2D eigenvalue weighted by molar-refractivity contribution is 5.68. The third-order valence-electron chi connectivity index (χ3n) is 5.65. The quantitative estimate of drug-likeness (QED) is 0.242. The molecular weight excluding hydrogens is 320 g/mol. The largest absolute Gasteiger partial charge is 0.504 e. The molecule has 1 aromatic rings. The van der Waals surface area contributed by atoms with Crippen molar-refractivity contribution in [1.29, 1.82) is 0 Å². The summed E-state index contributed by atoms with van der Waals surface area (Å²) in [4.78, 5) is 0. The summed E-state index contributed by atoms with van der Waals surface area (Å²) in [5.74, 6) is 2.08. The molecule has 2 heteroatoms. The van der Waals surface area contributed by atoms with E-state index in [1.165, 1.54) is 101 Å². The van der Waals surface area contributed by atoms with Gasteiger partial charge < -0.3 is 9.84 Å². The third-order valence-corrected chi connectivity index (χ3v) is 5.65. The average Bonchev–Trinajstić information content (AvgIpc) is 3.43. The van der Waals surface area contributed by atoms with Crippen LogP contribution in [0.3, 0.4) is 0 Å². The number of fused-ring (bicyclic) bond motifs is 1. The molecule has 0 bridgehead atoms. The fourth-order valence-corrected chi connectivity index (χ4v) is 3.94. The van der Waals surface area contributed by atoms with Crippen molar-refractivity contribution in [3.63, 3.8) is 0 Å². The lowest BCUT2D eigenvalue weighted by molar-refractivity contribution is 0.463. The van der Waals surface area contributed by atoms with Crippen LogP contribution < -0.4 is 4.74 Å². The minimum absolute atomic E-state index is 0.348.